The van der Waals surface area contributed by atoms with Crippen molar-refractivity contribution >= 4 is 17.8 Å². The molecule has 1 amide bonds. The summed E-state index contributed by atoms with van der Waals surface area (Å²) in [5.41, 5.74) is 2.42. The van der Waals surface area contributed by atoms with Gasteiger partial charge in [-0.2, -0.15) is 0 Å². The summed E-state index contributed by atoms with van der Waals surface area (Å²) in [7, 11) is 0. The van der Waals surface area contributed by atoms with Crippen LogP contribution in [-0.2, 0) is 20.8 Å². The molecule has 2 rings (SSSR count). The number of aryl methyl sites for hydroxylation is 1. The number of aromatic amines is 1. The molecular formula is C23H30N2O5. The lowest BCUT2D eigenvalue weighted by Gasteiger charge is -2.26. The summed E-state index contributed by atoms with van der Waals surface area (Å²) in [5, 5.41) is 0. The third-order valence-electron chi connectivity index (χ3n) is 4.65. The van der Waals surface area contributed by atoms with E-state index in [-0.39, 0.29) is 30.4 Å². The minimum Gasteiger partial charge on any atom is -0.459 e. The number of benzene rings is 1. The summed E-state index contributed by atoms with van der Waals surface area (Å²) in [6.45, 7) is 10.7. The van der Waals surface area contributed by atoms with Crippen LogP contribution in [0.25, 0.3) is 0 Å². The standard InChI is InChI=1S/C23H30N2O5/c1-14(2)25(12-18-10-8-7-9-11-18)19(26)13-29-23(28)21-16(5)20(17(6)24-21)22(27)30-15(3)4/h7-11,14-15,24H,12-13H2,1-6H3. The van der Waals surface area contributed by atoms with Gasteiger partial charge in [-0.15, -0.1) is 0 Å². The van der Waals surface area contributed by atoms with Crippen LogP contribution in [0.15, 0.2) is 30.3 Å². The van der Waals surface area contributed by atoms with Crippen molar-refractivity contribution in [1.82, 2.24) is 9.88 Å². The van der Waals surface area contributed by atoms with Crippen LogP contribution in [0, 0.1) is 13.8 Å². The van der Waals surface area contributed by atoms with Crippen LogP contribution in [0.1, 0.15) is 65.4 Å². The van der Waals surface area contributed by atoms with Gasteiger partial charge in [0.05, 0.1) is 11.7 Å². The number of carbonyl (C=O) groups excluding carboxylic acids is 3. The fourth-order valence-corrected chi connectivity index (χ4v) is 3.15. The first-order chi connectivity index (χ1) is 14.1. The molecule has 2 aromatic rings. The van der Waals surface area contributed by atoms with E-state index in [1.54, 1.807) is 32.6 Å². The summed E-state index contributed by atoms with van der Waals surface area (Å²) in [6.07, 6.45) is -0.272. The number of amides is 1. The maximum absolute atomic E-state index is 12.7. The van der Waals surface area contributed by atoms with Crippen molar-refractivity contribution in [2.75, 3.05) is 6.61 Å². The van der Waals surface area contributed by atoms with Crippen LogP contribution in [0.4, 0.5) is 0 Å². The Morgan fingerprint density at radius 1 is 1.00 bits per heavy atom. The van der Waals surface area contributed by atoms with Gasteiger partial charge in [0.1, 0.15) is 5.69 Å². The second kappa shape index (κ2) is 10.1. The Bertz CT molecular complexity index is 900. The van der Waals surface area contributed by atoms with Crippen LogP contribution >= 0.6 is 0 Å². The number of rotatable bonds is 8. The molecule has 7 nitrogen and oxygen atoms in total. The highest BCUT2D eigenvalue weighted by Gasteiger charge is 2.26. The Morgan fingerprint density at radius 3 is 2.20 bits per heavy atom. The third kappa shape index (κ3) is 5.72. The number of hydrogen-bond acceptors (Lipinski definition) is 5. The number of ether oxygens (including phenoxy) is 2. The molecule has 1 heterocycles. The van der Waals surface area contributed by atoms with Crippen molar-refractivity contribution in [1.29, 1.82) is 0 Å². The molecule has 0 bridgehead atoms. The summed E-state index contributed by atoms with van der Waals surface area (Å²) in [5.74, 6) is -1.47. The van der Waals surface area contributed by atoms with Gasteiger partial charge in [-0.25, -0.2) is 9.59 Å². The normalized spacial score (nSPS) is 10.9. The van der Waals surface area contributed by atoms with Crippen LogP contribution in [0.5, 0.6) is 0 Å². The average molecular weight is 415 g/mol. The predicted molar refractivity (Wildman–Crippen MR) is 113 cm³/mol. The molecule has 0 aliphatic rings. The van der Waals surface area contributed by atoms with Crippen LogP contribution in [0.2, 0.25) is 0 Å². The number of nitrogens with zero attached hydrogens (tertiary/aromatic N) is 1. The van der Waals surface area contributed by atoms with E-state index in [0.29, 0.717) is 23.4 Å². The van der Waals surface area contributed by atoms with Crippen LogP contribution in [-0.4, -0.2) is 46.5 Å². The van der Waals surface area contributed by atoms with E-state index < -0.39 is 11.9 Å². The Labute approximate surface area is 177 Å². The van der Waals surface area contributed by atoms with Gasteiger partial charge in [0.15, 0.2) is 6.61 Å². The van der Waals surface area contributed by atoms with Gasteiger partial charge in [-0.1, -0.05) is 30.3 Å². The molecule has 1 aromatic heterocycles. The van der Waals surface area contributed by atoms with E-state index >= 15 is 0 Å². The number of aromatic nitrogens is 1. The van der Waals surface area contributed by atoms with Crippen molar-refractivity contribution in [2.24, 2.45) is 0 Å². The summed E-state index contributed by atoms with van der Waals surface area (Å²) in [4.78, 5) is 42.0. The van der Waals surface area contributed by atoms with Crippen molar-refractivity contribution in [3.63, 3.8) is 0 Å². The van der Waals surface area contributed by atoms with Gasteiger partial charge in [0.2, 0.25) is 0 Å². The third-order valence-corrected chi connectivity index (χ3v) is 4.65. The van der Waals surface area contributed by atoms with Crippen LogP contribution in [0.3, 0.4) is 0 Å². The van der Waals surface area contributed by atoms with Gasteiger partial charge >= 0.3 is 11.9 Å². The second-order valence-corrected chi connectivity index (χ2v) is 7.76. The van der Waals surface area contributed by atoms with Gasteiger partial charge in [0.25, 0.3) is 5.91 Å². The Morgan fingerprint density at radius 2 is 1.63 bits per heavy atom. The molecule has 0 saturated carbocycles. The second-order valence-electron chi connectivity index (χ2n) is 7.76. The monoisotopic (exact) mass is 414 g/mol. The molecule has 0 atom stereocenters. The quantitative estimate of drug-likeness (QED) is 0.664. The highest BCUT2D eigenvalue weighted by molar-refractivity contribution is 5.99. The number of H-pyrrole nitrogens is 1. The topological polar surface area (TPSA) is 88.7 Å². The van der Waals surface area contributed by atoms with E-state index in [4.69, 9.17) is 9.47 Å². The average Bonchev–Trinajstić information content (AvgIpc) is 2.98. The van der Waals surface area contributed by atoms with Crippen LogP contribution < -0.4 is 0 Å². The van der Waals surface area contributed by atoms with Gasteiger partial charge in [0, 0.05) is 18.3 Å². The first-order valence-corrected chi connectivity index (χ1v) is 10.0. The minimum atomic E-state index is -0.684. The van der Waals surface area contributed by atoms with E-state index in [1.807, 2.05) is 44.2 Å². The lowest BCUT2D eigenvalue weighted by molar-refractivity contribution is -0.136. The van der Waals surface area contributed by atoms with Gasteiger partial charge in [-0.05, 0) is 52.7 Å². The summed E-state index contributed by atoms with van der Waals surface area (Å²) in [6, 6.07) is 9.57. The Kier molecular flexibility index (Phi) is 7.80. The number of carbonyl (C=O) groups is 3. The highest BCUT2D eigenvalue weighted by Crippen LogP contribution is 2.20. The fourth-order valence-electron chi connectivity index (χ4n) is 3.15. The smallest absolute Gasteiger partial charge is 0.355 e. The number of esters is 2. The zero-order valence-electron chi connectivity index (χ0n) is 18.4. The highest BCUT2D eigenvalue weighted by atomic mass is 16.5. The maximum atomic E-state index is 12.7. The molecule has 0 aliphatic heterocycles. The molecule has 1 aromatic carbocycles. The molecule has 0 saturated heterocycles. The summed E-state index contributed by atoms with van der Waals surface area (Å²) < 4.78 is 10.5. The molecule has 30 heavy (non-hydrogen) atoms. The van der Waals surface area contributed by atoms with E-state index in [9.17, 15) is 14.4 Å². The molecule has 0 radical (unpaired) electrons. The SMILES string of the molecule is Cc1[nH]c(C(=O)OCC(=O)N(Cc2ccccc2)C(C)C)c(C)c1C(=O)OC(C)C. The lowest BCUT2D eigenvalue weighted by Crippen LogP contribution is -2.39. The fraction of sp³-hybridized carbons (Fsp3) is 0.435. The summed E-state index contributed by atoms with van der Waals surface area (Å²) >= 11 is 0. The minimum absolute atomic E-state index is 0.0525. The van der Waals surface area contributed by atoms with Crippen molar-refractivity contribution in [2.45, 2.75) is 60.2 Å². The number of nitrogens with one attached hydrogen (secondary N) is 1. The zero-order valence-corrected chi connectivity index (χ0v) is 18.4. The Hall–Kier alpha value is -3.09. The molecule has 1 N–H and O–H groups in total. The van der Waals surface area contributed by atoms with E-state index in [1.165, 1.54) is 0 Å². The largest absolute Gasteiger partial charge is 0.459 e. The van der Waals surface area contributed by atoms with E-state index in [0.717, 1.165) is 5.56 Å². The lowest BCUT2D eigenvalue weighted by atomic mass is 10.1. The molecular weight excluding hydrogens is 384 g/mol. The van der Waals surface area contributed by atoms with E-state index in [2.05, 4.69) is 4.98 Å². The number of hydrogen-bond donors (Lipinski definition) is 1. The van der Waals surface area contributed by atoms with Crippen molar-refractivity contribution in [3.8, 4) is 0 Å². The van der Waals surface area contributed by atoms with Crippen molar-refractivity contribution in [3.05, 3.63) is 58.4 Å². The predicted octanol–water partition coefficient (Wildman–Crippen LogP) is 3.79. The van der Waals surface area contributed by atoms with Crippen molar-refractivity contribution < 1.29 is 23.9 Å². The molecule has 0 spiro atoms. The first-order valence-electron chi connectivity index (χ1n) is 10.0. The molecule has 0 unspecified atom stereocenters. The molecule has 162 valence electrons. The molecule has 0 aliphatic carbocycles. The first kappa shape index (κ1) is 23.2. The van der Waals surface area contributed by atoms with Gasteiger partial charge < -0.3 is 19.4 Å². The molecule has 7 heteroatoms. The van der Waals surface area contributed by atoms with Gasteiger partial charge in [-0.3, -0.25) is 4.79 Å². The zero-order chi connectivity index (χ0) is 22.4. The Balaban J connectivity index is 2.07. The molecule has 0 fully saturated rings. The maximum Gasteiger partial charge on any atom is 0.355 e.